The molecule has 1 fully saturated rings. The number of hydrogen-bond acceptors (Lipinski definition) is 3. The summed E-state index contributed by atoms with van der Waals surface area (Å²) in [6, 6.07) is 6.75. The molecule has 1 saturated heterocycles. The molecule has 1 aliphatic heterocycles. The molecule has 118 valence electrons. The van der Waals surface area contributed by atoms with Crippen molar-refractivity contribution in [3.8, 4) is 0 Å². The van der Waals surface area contributed by atoms with Crippen LogP contribution in [0.15, 0.2) is 29.2 Å². The van der Waals surface area contributed by atoms with Gasteiger partial charge in [-0.25, -0.2) is 8.42 Å². The minimum absolute atomic E-state index is 0.249. The summed E-state index contributed by atoms with van der Waals surface area (Å²) >= 11 is 5.93. The Bertz CT molecular complexity index is 557. The van der Waals surface area contributed by atoms with Crippen molar-refractivity contribution in [3.05, 3.63) is 29.3 Å². The van der Waals surface area contributed by atoms with Gasteiger partial charge in [-0.1, -0.05) is 31.0 Å². The lowest BCUT2D eigenvalue weighted by atomic mass is 10.1. The summed E-state index contributed by atoms with van der Waals surface area (Å²) in [5, 5.41) is 3.86. The van der Waals surface area contributed by atoms with Crippen molar-refractivity contribution in [2.24, 2.45) is 0 Å². The second-order valence-corrected chi connectivity index (χ2v) is 7.84. The van der Waals surface area contributed by atoms with E-state index < -0.39 is 10.0 Å². The molecule has 1 aromatic carbocycles. The second-order valence-electron chi connectivity index (χ2n) is 5.47. The third kappa shape index (κ3) is 4.42. The van der Waals surface area contributed by atoms with Gasteiger partial charge in [-0.3, -0.25) is 0 Å². The molecule has 1 unspecified atom stereocenters. The molecular weight excluding hydrogens is 308 g/mol. The molecule has 1 aromatic rings. The fourth-order valence-electron chi connectivity index (χ4n) is 2.66. The minimum Gasteiger partial charge on any atom is -0.313 e. The highest BCUT2D eigenvalue weighted by Crippen LogP contribution is 2.21. The molecule has 0 aromatic heterocycles. The zero-order chi connectivity index (χ0) is 15.3. The number of rotatable bonds is 6. The molecule has 2 rings (SSSR count). The Kier molecular flexibility index (Phi) is 6.05. The summed E-state index contributed by atoms with van der Waals surface area (Å²) in [4.78, 5) is 0.277. The summed E-state index contributed by atoms with van der Waals surface area (Å²) in [7, 11) is -3.48. The molecule has 0 saturated carbocycles. The van der Waals surface area contributed by atoms with E-state index >= 15 is 0 Å². The van der Waals surface area contributed by atoms with E-state index in [0.29, 0.717) is 18.1 Å². The number of sulfonamides is 1. The van der Waals surface area contributed by atoms with Crippen LogP contribution in [0.1, 0.15) is 32.6 Å². The maximum atomic E-state index is 12.8. The van der Waals surface area contributed by atoms with E-state index in [-0.39, 0.29) is 10.9 Å². The molecule has 0 spiro atoms. The topological polar surface area (TPSA) is 49.4 Å². The van der Waals surface area contributed by atoms with Crippen molar-refractivity contribution in [2.75, 3.05) is 19.6 Å². The highest BCUT2D eigenvalue weighted by molar-refractivity contribution is 7.89. The average Bonchev–Trinajstić information content (AvgIpc) is 2.48. The van der Waals surface area contributed by atoms with Crippen molar-refractivity contribution in [1.82, 2.24) is 9.62 Å². The summed E-state index contributed by atoms with van der Waals surface area (Å²) < 4.78 is 27.2. The Hall–Kier alpha value is -0.620. The van der Waals surface area contributed by atoms with Crippen LogP contribution in [-0.2, 0) is 10.0 Å². The molecule has 0 aliphatic carbocycles. The summed E-state index contributed by atoms with van der Waals surface area (Å²) in [5.41, 5.74) is 0. The maximum Gasteiger partial charge on any atom is 0.243 e. The predicted molar refractivity (Wildman–Crippen MR) is 86.1 cm³/mol. The van der Waals surface area contributed by atoms with Crippen LogP contribution in [-0.4, -0.2) is 38.4 Å². The summed E-state index contributed by atoms with van der Waals surface area (Å²) in [5.74, 6) is 0. The van der Waals surface area contributed by atoms with E-state index in [4.69, 9.17) is 11.6 Å². The number of hydrogen-bond donors (Lipinski definition) is 1. The molecule has 4 nitrogen and oxygen atoms in total. The third-order valence-electron chi connectivity index (χ3n) is 3.74. The van der Waals surface area contributed by atoms with Crippen LogP contribution in [0.2, 0.25) is 5.02 Å². The van der Waals surface area contributed by atoms with Gasteiger partial charge in [0, 0.05) is 24.2 Å². The van der Waals surface area contributed by atoms with Crippen molar-refractivity contribution in [2.45, 2.75) is 43.5 Å². The Morgan fingerprint density at radius 2 is 2.19 bits per heavy atom. The molecule has 0 radical (unpaired) electrons. The smallest absolute Gasteiger partial charge is 0.243 e. The fraction of sp³-hybridized carbons (Fsp3) is 0.600. The van der Waals surface area contributed by atoms with Gasteiger partial charge in [0.15, 0.2) is 0 Å². The van der Waals surface area contributed by atoms with Crippen molar-refractivity contribution in [1.29, 1.82) is 0 Å². The van der Waals surface area contributed by atoms with Crippen molar-refractivity contribution < 1.29 is 8.42 Å². The Morgan fingerprint density at radius 3 is 2.81 bits per heavy atom. The van der Waals surface area contributed by atoms with Crippen LogP contribution in [0.4, 0.5) is 0 Å². The third-order valence-corrected chi connectivity index (χ3v) is 5.84. The molecule has 1 aliphatic rings. The molecule has 6 heteroatoms. The monoisotopic (exact) mass is 330 g/mol. The average molecular weight is 331 g/mol. The maximum absolute atomic E-state index is 12.8. The van der Waals surface area contributed by atoms with E-state index in [0.717, 1.165) is 25.8 Å². The van der Waals surface area contributed by atoms with E-state index in [1.807, 2.05) is 6.92 Å². The molecule has 0 bridgehead atoms. The molecule has 21 heavy (non-hydrogen) atoms. The number of nitrogens with one attached hydrogen (secondary N) is 1. The largest absolute Gasteiger partial charge is 0.313 e. The van der Waals surface area contributed by atoms with Gasteiger partial charge in [-0.2, -0.15) is 4.31 Å². The van der Waals surface area contributed by atoms with E-state index in [9.17, 15) is 8.42 Å². The normalized spacial score (nSPS) is 19.9. The predicted octanol–water partition coefficient (Wildman–Crippen LogP) is 2.88. The summed E-state index contributed by atoms with van der Waals surface area (Å²) in [6.45, 7) is 4.03. The Labute approximate surface area is 132 Å². The lowest BCUT2D eigenvalue weighted by Crippen LogP contribution is -2.46. The lowest BCUT2D eigenvalue weighted by molar-refractivity contribution is 0.312. The number of piperidine rings is 1. The second kappa shape index (κ2) is 7.58. The molecule has 0 amide bonds. The molecule has 1 atom stereocenters. The van der Waals surface area contributed by atoms with Gasteiger partial charge in [0.05, 0.1) is 4.90 Å². The SMILES string of the molecule is CCCN(CC1CCCCN1)S(=O)(=O)c1cccc(Cl)c1. The Balaban J connectivity index is 2.19. The zero-order valence-corrected chi connectivity index (χ0v) is 14.0. The van der Waals surface area contributed by atoms with Gasteiger partial charge in [0.1, 0.15) is 0 Å². The van der Waals surface area contributed by atoms with Crippen LogP contribution in [0.3, 0.4) is 0 Å². The van der Waals surface area contributed by atoms with E-state index in [1.54, 1.807) is 22.5 Å². The first-order valence-electron chi connectivity index (χ1n) is 7.53. The molecule has 1 heterocycles. The number of nitrogens with zero attached hydrogens (tertiary/aromatic N) is 1. The summed E-state index contributed by atoms with van der Waals surface area (Å²) in [6.07, 6.45) is 4.16. The quantitative estimate of drug-likeness (QED) is 0.872. The van der Waals surface area contributed by atoms with Crippen molar-refractivity contribution in [3.63, 3.8) is 0 Å². The fourth-order valence-corrected chi connectivity index (χ4v) is 4.54. The lowest BCUT2D eigenvalue weighted by Gasteiger charge is -2.30. The van der Waals surface area contributed by atoms with Gasteiger partial charge >= 0.3 is 0 Å². The van der Waals surface area contributed by atoms with Gasteiger partial charge < -0.3 is 5.32 Å². The van der Waals surface area contributed by atoms with Crippen LogP contribution < -0.4 is 5.32 Å². The van der Waals surface area contributed by atoms with Gasteiger partial charge in [0.25, 0.3) is 0 Å². The van der Waals surface area contributed by atoms with Crippen LogP contribution in [0.25, 0.3) is 0 Å². The first kappa shape index (κ1) is 16.7. The Morgan fingerprint density at radius 1 is 1.38 bits per heavy atom. The molecule has 1 N–H and O–H groups in total. The first-order valence-corrected chi connectivity index (χ1v) is 9.35. The minimum atomic E-state index is -3.48. The molecular formula is C15H23ClN2O2S. The van der Waals surface area contributed by atoms with Gasteiger partial charge in [0.2, 0.25) is 10.0 Å². The van der Waals surface area contributed by atoms with Crippen LogP contribution in [0, 0.1) is 0 Å². The highest BCUT2D eigenvalue weighted by Gasteiger charge is 2.27. The highest BCUT2D eigenvalue weighted by atomic mass is 35.5. The van der Waals surface area contributed by atoms with Gasteiger partial charge in [-0.15, -0.1) is 0 Å². The standard InChI is InChI=1S/C15H23ClN2O2S/c1-2-10-18(12-14-7-3-4-9-17-14)21(19,20)15-8-5-6-13(16)11-15/h5-6,8,11,14,17H,2-4,7,9-10,12H2,1H3. The van der Waals surface area contributed by atoms with Crippen LogP contribution in [0.5, 0.6) is 0 Å². The zero-order valence-electron chi connectivity index (χ0n) is 12.4. The van der Waals surface area contributed by atoms with Crippen molar-refractivity contribution >= 4 is 21.6 Å². The number of halogens is 1. The van der Waals surface area contributed by atoms with E-state index in [2.05, 4.69) is 5.32 Å². The van der Waals surface area contributed by atoms with Gasteiger partial charge in [-0.05, 0) is 44.0 Å². The first-order chi connectivity index (χ1) is 10.0. The van der Waals surface area contributed by atoms with E-state index in [1.165, 1.54) is 12.5 Å². The van der Waals surface area contributed by atoms with Crippen LogP contribution >= 0.6 is 11.6 Å². The number of benzene rings is 1.